The van der Waals surface area contributed by atoms with E-state index in [1.54, 1.807) is 6.20 Å². The molecular weight excluding hydrogens is 310 g/mol. The number of likely N-dealkylation sites (tertiary alicyclic amines) is 1. The lowest BCUT2D eigenvalue weighted by Crippen LogP contribution is -2.40. The van der Waals surface area contributed by atoms with E-state index >= 15 is 0 Å². The standard InChI is InChI=1S/C16H23N5OS/c1-2-14-17-5-9-21(14)11-13-3-7-20(8-4-13)12-15(22)19-16-18-6-10-23-16/h5-6,9-10,13H,2-4,7-8,11-12H2,1H3,(H,18,19,22). The Morgan fingerprint density at radius 1 is 1.35 bits per heavy atom. The van der Waals surface area contributed by atoms with Crippen LogP contribution in [0.15, 0.2) is 24.0 Å². The fraction of sp³-hybridized carbons (Fsp3) is 0.562. The van der Waals surface area contributed by atoms with Crippen LogP contribution >= 0.6 is 11.3 Å². The second-order valence-electron chi connectivity index (χ2n) is 5.95. The first kappa shape index (κ1) is 16.1. The van der Waals surface area contributed by atoms with E-state index in [0.29, 0.717) is 17.6 Å². The molecule has 6 nitrogen and oxygen atoms in total. The zero-order chi connectivity index (χ0) is 16.1. The zero-order valence-corrected chi connectivity index (χ0v) is 14.3. The van der Waals surface area contributed by atoms with Crippen LogP contribution in [0.25, 0.3) is 0 Å². The molecule has 7 heteroatoms. The molecule has 0 saturated carbocycles. The Kier molecular flexibility index (Phi) is 5.40. The monoisotopic (exact) mass is 333 g/mol. The van der Waals surface area contributed by atoms with Gasteiger partial charge >= 0.3 is 0 Å². The molecular formula is C16H23N5OS. The minimum Gasteiger partial charge on any atom is -0.335 e. The first-order valence-corrected chi connectivity index (χ1v) is 9.04. The molecule has 2 aromatic heterocycles. The Bertz CT molecular complexity index is 616. The highest BCUT2D eigenvalue weighted by molar-refractivity contribution is 7.13. The molecule has 0 spiro atoms. The first-order chi connectivity index (χ1) is 11.2. The van der Waals surface area contributed by atoms with Gasteiger partial charge in [0.2, 0.25) is 5.91 Å². The van der Waals surface area contributed by atoms with Crippen LogP contribution < -0.4 is 5.32 Å². The van der Waals surface area contributed by atoms with Crippen molar-refractivity contribution in [1.82, 2.24) is 19.4 Å². The van der Waals surface area contributed by atoms with Crippen LogP contribution in [0.5, 0.6) is 0 Å². The number of carbonyl (C=O) groups excluding carboxylic acids is 1. The van der Waals surface area contributed by atoms with Crippen molar-refractivity contribution in [1.29, 1.82) is 0 Å². The van der Waals surface area contributed by atoms with Crippen LogP contribution in [0, 0.1) is 5.92 Å². The van der Waals surface area contributed by atoms with E-state index in [1.165, 1.54) is 11.3 Å². The Hall–Kier alpha value is -1.73. The number of imidazole rings is 1. The van der Waals surface area contributed by atoms with Gasteiger partial charge in [0.25, 0.3) is 0 Å². The molecule has 1 N–H and O–H groups in total. The summed E-state index contributed by atoms with van der Waals surface area (Å²) in [6.45, 7) is 5.60. The summed E-state index contributed by atoms with van der Waals surface area (Å²) in [6, 6.07) is 0. The Morgan fingerprint density at radius 2 is 2.17 bits per heavy atom. The smallest absolute Gasteiger partial charge is 0.240 e. The van der Waals surface area contributed by atoms with Gasteiger partial charge in [-0.15, -0.1) is 11.3 Å². The summed E-state index contributed by atoms with van der Waals surface area (Å²) in [7, 11) is 0. The van der Waals surface area contributed by atoms with Crippen LogP contribution in [0.3, 0.4) is 0 Å². The maximum atomic E-state index is 12.0. The number of hydrogen-bond donors (Lipinski definition) is 1. The normalized spacial score (nSPS) is 16.6. The Labute approximate surface area is 140 Å². The van der Waals surface area contributed by atoms with Gasteiger partial charge < -0.3 is 9.88 Å². The third-order valence-electron chi connectivity index (χ3n) is 4.33. The van der Waals surface area contributed by atoms with Gasteiger partial charge in [0.15, 0.2) is 5.13 Å². The largest absolute Gasteiger partial charge is 0.335 e. The fourth-order valence-corrected chi connectivity index (χ4v) is 3.62. The maximum absolute atomic E-state index is 12.0. The molecule has 124 valence electrons. The number of piperidine rings is 1. The molecule has 23 heavy (non-hydrogen) atoms. The number of aryl methyl sites for hydroxylation is 1. The van der Waals surface area contributed by atoms with E-state index in [0.717, 1.165) is 44.7 Å². The number of thiazole rings is 1. The second kappa shape index (κ2) is 7.70. The summed E-state index contributed by atoms with van der Waals surface area (Å²) in [5.74, 6) is 1.87. The average molecular weight is 333 g/mol. The SMILES string of the molecule is CCc1nccn1CC1CCN(CC(=O)Nc2nccs2)CC1. The minimum atomic E-state index is 0.0290. The fourth-order valence-electron chi connectivity index (χ4n) is 3.07. The van der Waals surface area contributed by atoms with Gasteiger partial charge in [0.05, 0.1) is 6.54 Å². The second-order valence-corrected chi connectivity index (χ2v) is 6.85. The van der Waals surface area contributed by atoms with Gasteiger partial charge in [-0.1, -0.05) is 6.92 Å². The van der Waals surface area contributed by atoms with Crippen LogP contribution in [0.1, 0.15) is 25.6 Å². The van der Waals surface area contributed by atoms with E-state index in [1.807, 2.05) is 11.6 Å². The van der Waals surface area contributed by atoms with E-state index in [2.05, 4.69) is 37.9 Å². The van der Waals surface area contributed by atoms with Gasteiger partial charge in [-0.25, -0.2) is 9.97 Å². The Balaban J connectivity index is 1.42. The van der Waals surface area contributed by atoms with Gasteiger partial charge in [-0.2, -0.15) is 0 Å². The van der Waals surface area contributed by atoms with Crippen molar-refractivity contribution in [3.63, 3.8) is 0 Å². The topological polar surface area (TPSA) is 63.1 Å². The molecule has 3 rings (SSSR count). The summed E-state index contributed by atoms with van der Waals surface area (Å²) in [5.41, 5.74) is 0. The lowest BCUT2D eigenvalue weighted by Gasteiger charge is -2.31. The van der Waals surface area contributed by atoms with Crippen LogP contribution in [-0.4, -0.2) is 45.0 Å². The van der Waals surface area contributed by atoms with Crippen molar-refractivity contribution in [3.05, 3.63) is 29.8 Å². The molecule has 0 radical (unpaired) electrons. The number of amides is 1. The summed E-state index contributed by atoms with van der Waals surface area (Å²) < 4.78 is 2.27. The van der Waals surface area contributed by atoms with E-state index in [-0.39, 0.29) is 5.91 Å². The van der Waals surface area contributed by atoms with E-state index in [9.17, 15) is 4.79 Å². The highest BCUT2D eigenvalue weighted by Gasteiger charge is 2.21. The van der Waals surface area contributed by atoms with E-state index in [4.69, 9.17) is 0 Å². The maximum Gasteiger partial charge on any atom is 0.240 e. The highest BCUT2D eigenvalue weighted by Crippen LogP contribution is 2.20. The van der Waals surface area contributed by atoms with Crippen molar-refractivity contribution in [2.24, 2.45) is 5.92 Å². The summed E-state index contributed by atoms with van der Waals surface area (Å²) >= 11 is 1.45. The number of carbonyl (C=O) groups is 1. The first-order valence-electron chi connectivity index (χ1n) is 8.16. The number of nitrogens with zero attached hydrogens (tertiary/aromatic N) is 4. The number of nitrogens with one attached hydrogen (secondary N) is 1. The molecule has 2 aromatic rings. The number of hydrogen-bond acceptors (Lipinski definition) is 5. The molecule has 0 bridgehead atoms. The van der Waals surface area contributed by atoms with Gasteiger partial charge in [0, 0.05) is 36.9 Å². The van der Waals surface area contributed by atoms with Gasteiger partial charge in [0.1, 0.15) is 5.82 Å². The summed E-state index contributed by atoms with van der Waals surface area (Å²) in [6.07, 6.45) is 8.90. The molecule has 0 atom stereocenters. The summed E-state index contributed by atoms with van der Waals surface area (Å²) in [5, 5.41) is 5.39. The molecule has 1 saturated heterocycles. The van der Waals surface area contributed by atoms with Crippen LogP contribution in [0.2, 0.25) is 0 Å². The predicted molar refractivity (Wildman–Crippen MR) is 91.5 cm³/mol. The van der Waals surface area contributed by atoms with Crippen molar-refractivity contribution in [2.75, 3.05) is 25.0 Å². The lowest BCUT2D eigenvalue weighted by molar-refractivity contribution is -0.117. The Morgan fingerprint density at radius 3 is 2.87 bits per heavy atom. The molecule has 1 aliphatic heterocycles. The third-order valence-corrected chi connectivity index (χ3v) is 5.01. The van der Waals surface area contributed by atoms with Crippen molar-refractivity contribution in [3.8, 4) is 0 Å². The van der Waals surface area contributed by atoms with Gasteiger partial charge in [-0.05, 0) is 31.8 Å². The minimum absolute atomic E-state index is 0.0290. The molecule has 0 unspecified atom stereocenters. The molecule has 0 aliphatic carbocycles. The average Bonchev–Trinajstić information content (AvgIpc) is 3.20. The lowest BCUT2D eigenvalue weighted by atomic mass is 9.96. The van der Waals surface area contributed by atoms with Crippen LogP contribution in [0.4, 0.5) is 5.13 Å². The van der Waals surface area contributed by atoms with Gasteiger partial charge in [-0.3, -0.25) is 9.69 Å². The van der Waals surface area contributed by atoms with Crippen molar-refractivity contribution < 1.29 is 4.79 Å². The molecule has 1 fully saturated rings. The third kappa shape index (κ3) is 4.39. The predicted octanol–water partition coefficient (Wildman–Crippen LogP) is 2.25. The summed E-state index contributed by atoms with van der Waals surface area (Å²) in [4.78, 5) is 22.7. The number of rotatable bonds is 6. The van der Waals surface area contributed by atoms with E-state index < -0.39 is 0 Å². The molecule has 1 amide bonds. The molecule has 0 aromatic carbocycles. The highest BCUT2D eigenvalue weighted by atomic mass is 32.1. The van der Waals surface area contributed by atoms with Crippen molar-refractivity contribution in [2.45, 2.75) is 32.7 Å². The number of aromatic nitrogens is 3. The molecule has 3 heterocycles. The number of anilines is 1. The zero-order valence-electron chi connectivity index (χ0n) is 13.4. The van der Waals surface area contributed by atoms with Crippen LogP contribution in [-0.2, 0) is 17.8 Å². The quantitative estimate of drug-likeness (QED) is 0.881. The van der Waals surface area contributed by atoms with Crippen molar-refractivity contribution >= 4 is 22.4 Å². The molecule has 1 aliphatic rings.